The van der Waals surface area contributed by atoms with Gasteiger partial charge in [0.05, 0.1) is 0 Å². The zero-order valence-corrected chi connectivity index (χ0v) is 13.6. The predicted molar refractivity (Wildman–Crippen MR) is 74.6 cm³/mol. The van der Waals surface area contributed by atoms with Gasteiger partial charge < -0.3 is 0 Å². The lowest BCUT2D eigenvalue weighted by Crippen LogP contribution is -1.57. The summed E-state index contributed by atoms with van der Waals surface area (Å²) < 4.78 is 0. The molecule has 62 valence electrons. The molecular weight excluding hydrogens is 253 g/mol. The molecule has 7 heteroatoms. The van der Waals surface area contributed by atoms with E-state index in [2.05, 4.69) is 46.8 Å². The second kappa shape index (κ2) is 6.46. The lowest BCUT2D eigenvalue weighted by atomic mass is 11.9. The van der Waals surface area contributed by atoms with Crippen LogP contribution in [-0.2, 0) is 0 Å². The van der Waals surface area contributed by atoms with Crippen molar-refractivity contribution in [1.29, 1.82) is 0 Å². The van der Waals surface area contributed by atoms with Crippen LogP contribution in [0.2, 0.25) is 0 Å². The predicted octanol–water partition coefficient (Wildman–Crippen LogP) is 4.92. The van der Waals surface area contributed by atoms with Gasteiger partial charge >= 0.3 is 0 Å². The van der Waals surface area contributed by atoms with E-state index in [1.807, 2.05) is 0 Å². The summed E-state index contributed by atoms with van der Waals surface area (Å²) in [4.78, 5) is 0. The van der Waals surface area contributed by atoms with E-state index in [1.54, 1.807) is 0 Å². The fraction of sp³-hybridized carbons (Fsp3) is 1.00. The van der Waals surface area contributed by atoms with Crippen LogP contribution < -0.4 is 0 Å². The molecule has 0 aromatic carbocycles. The van der Waals surface area contributed by atoms with Gasteiger partial charge in [-0.3, -0.25) is 0 Å². The lowest BCUT2D eigenvalue weighted by molar-refractivity contribution is 2.30. The van der Waals surface area contributed by atoms with Crippen molar-refractivity contribution in [3.63, 3.8) is 0 Å². The van der Waals surface area contributed by atoms with Crippen LogP contribution in [0.15, 0.2) is 0 Å². The molecule has 0 fully saturated rings. The van der Waals surface area contributed by atoms with Crippen molar-refractivity contribution >= 4 is 55.7 Å². The minimum Gasteiger partial charge on any atom is -0.106 e. The third-order valence-electron chi connectivity index (χ3n) is 0.846. The van der Waals surface area contributed by atoms with E-state index < -0.39 is 0 Å². The second-order valence-corrected chi connectivity index (χ2v) is 29.7. The first kappa shape index (κ1) is 13.0. The van der Waals surface area contributed by atoms with E-state index in [0.29, 0.717) is 14.6 Å². The summed E-state index contributed by atoms with van der Waals surface area (Å²) in [7, 11) is 9.55. The van der Waals surface area contributed by atoms with E-state index in [9.17, 15) is 0 Å². The second-order valence-electron chi connectivity index (χ2n) is 2.07. The topological polar surface area (TPSA) is 0 Å². The molecule has 5 unspecified atom stereocenters. The van der Waals surface area contributed by atoms with Crippen LogP contribution in [0.5, 0.6) is 0 Å². The Morgan fingerprint density at radius 3 is 1.30 bits per heavy atom. The monoisotopic (exact) mass is 268 g/mol. The molecule has 0 bridgehead atoms. The summed E-state index contributed by atoms with van der Waals surface area (Å²) in [6.07, 6.45) is 0. The molecule has 0 radical (unpaired) electrons. The van der Waals surface area contributed by atoms with Crippen LogP contribution in [0.3, 0.4) is 0 Å². The molecule has 0 nitrogen and oxygen atoms in total. The van der Waals surface area contributed by atoms with Gasteiger partial charge in [0, 0.05) is 0 Å². The molecule has 0 aliphatic rings. The summed E-state index contributed by atoms with van der Waals surface area (Å²) in [5, 5.41) is 0. The minimum atomic E-state index is 0.192. The molecule has 0 amide bonds. The van der Waals surface area contributed by atoms with Crippen LogP contribution in [0.25, 0.3) is 0 Å². The average Bonchev–Trinajstić information content (AvgIpc) is 1.59. The van der Waals surface area contributed by atoms with Crippen LogP contribution in [0.4, 0.5) is 0 Å². The Morgan fingerprint density at radius 2 is 1.30 bits per heavy atom. The molecule has 0 heterocycles. The van der Waals surface area contributed by atoms with E-state index in [4.69, 9.17) is 0 Å². The first-order valence-electron chi connectivity index (χ1n) is 2.72. The summed E-state index contributed by atoms with van der Waals surface area (Å²) in [6, 6.07) is 0. The number of rotatable bonds is 3. The molecule has 0 rings (SSSR count). The van der Waals surface area contributed by atoms with E-state index in [1.165, 1.54) is 0 Å². The zero-order chi connectivity index (χ0) is 8.31. The fourth-order valence-electron chi connectivity index (χ4n) is 0.652. The largest absolute Gasteiger partial charge is 0.106 e. The van der Waals surface area contributed by atoms with Crippen LogP contribution in [0.1, 0.15) is 0 Å². The number of hydrogen-bond acceptors (Lipinski definition) is 0. The van der Waals surface area contributed by atoms with Crippen LogP contribution in [0, 0.1) is 0 Å². The van der Waals surface area contributed by atoms with Crippen molar-refractivity contribution in [1.82, 2.24) is 0 Å². The van der Waals surface area contributed by atoms with E-state index in [-0.39, 0.29) is 14.3 Å². The molecule has 0 N–H and O–H groups in total. The molecule has 0 saturated carbocycles. The smallest absolute Gasteiger partial charge is 0.0200 e. The zero-order valence-electron chi connectivity index (χ0n) is 6.52. The Hall–Kier alpha value is 3.01. The van der Waals surface area contributed by atoms with Crippen molar-refractivity contribution in [2.75, 3.05) is 20.0 Å². The minimum absolute atomic E-state index is 0.192. The number of hydrogen-bond donors (Lipinski definition) is 0. The van der Waals surface area contributed by atoms with Gasteiger partial charge in [0.25, 0.3) is 0 Å². The average molecular weight is 268 g/mol. The van der Waals surface area contributed by atoms with Crippen molar-refractivity contribution in [2.45, 2.75) is 0 Å². The van der Waals surface area contributed by atoms with E-state index in [0.717, 1.165) is 0 Å². The lowest BCUT2D eigenvalue weighted by Gasteiger charge is -2.28. The highest BCUT2D eigenvalue weighted by Gasteiger charge is 2.19. The molecule has 10 heavy (non-hydrogen) atoms. The maximum absolute atomic E-state index is 3.01. The van der Waals surface area contributed by atoms with Crippen molar-refractivity contribution in [3.05, 3.63) is 0 Å². The Labute approximate surface area is 75.8 Å². The maximum Gasteiger partial charge on any atom is -0.0200 e. The first-order chi connectivity index (χ1) is 4.46. The standard InChI is InChI=1S/C3H15P7/c1-7(2)10(8(3)4)9(5)6/h4-6H2,1-3H3. The molecule has 5 atom stereocenters. The van der Waals surface area contributed by atoms with Gasteiger partial charge in [0.2, 0.25) is 0 Å². The molecule has 0 spiro atoms. The molecule has 0 saturated heterocycles. The maximum atomic E-state index is 3.01. The molecule has 0 aromatic rings. The molecular formula is C3H15P7. The Kier molecular flexibility index (Phi) is 8.41. The third kappa shape index (κ3) is 4.90. The summed E-state index contributed by atoms with van der Waals surface area (Å²) in [6.45, 7) is 7.74. The molecule has 0 aliphatic carbocycles. The Morgan fingerprint density at radius 1 is 0.900 bits per heavy atom. The fourth-order valence-corrected chi connectivity index (χ4v) is 52.8. The summed E-state index contributed by atoms with van der Waals surface area (Å²) in [5.74, 6) is 0. The van der Waals surface area contributed by atoms with Crippen molar-refractivity contribution in [2.24, 2.45) is 0 Å². The highest BCUT2D eigenvalue weighted by Crippen LogP contribution is 3.03. The summed E-state index contributed by atoms with van der Waals surface area (Å²) >= 11 is 0. The first-order valence-corrected chi connectivity index (χ1v) is 16.4. The van der Waals surface area contributed by atoms with Gasteiger partial charge in [-0.05, 0) is 34.0 Å². The normalized spacial score (nSPS) is 18.0. The van der Waals surface area contributed by atoms with Crippen molar-refractivity contribution < 1.29 is 0 Å². The molecule has 0 aromatic heterocycles. The summed E-state index contributed by atoms with van der Waals surface area (Å²) in [5.41, 5.74) is 0. The van der Waals surface area contributed by atoms with Gasteiger partial charge in [-0.15, -0.1) is 26.8 Å². The van der Waals surface area contributed by atoms with Crippen LogP contribution in [-0.4, -0.2) is 20.0 Å². The Bertz CT molecular complexity index is 69.8. The van der Waals surface area contributed by atoms with Crippen LogP contribution >= 0.6 is 55.7 Å². The Balaban J connectivity index is 3.98. The van der Waals surface area contributed by atoms with Crippen molar-refractivity contribution in [3.8, 4) is 0 Å². The van der Waals surface area contributed by atoms with Gasteiger partial charge in [-0.1, -0.05) is 14.9 Å². The third-order valence-corrected chi connectivity index (χ3v) is 39.6. The van der Waals surface area contributed by atoms with Gasteiger partial charge in [0.15, 0.2) is 0 Å². The quantitative estimate of drug-likeness (QED) is 0.637. The highest BCUT2D eigenvalue weighted by atomic mass is 33.0. The molecule has 0 aliphatic heterocycles. The van der Waals surface area contributed by atoms with Gasteiger partial charge in [0.1, 0.15) is 0 Å². The highest BCUT2D eigenvalue weighted by molar-refractivity contribution is 9.03. The SMILES string of the molecule is CP(C)P(P(C)P)P(P)P. The van der Waals surface area contributed by atoms with Gasteiger partial charge in [-0.2, -0.15) is 0 Å². The van der Waals surface area contributed by atoms with Gasteiger partial charge in [-0.25, -0.2) is 0 Å². The van der Waals surface area contributed by atoms with E-state index >= 15 is 0 Å².